The summed E-state index contributed by atoms with van der Waals surface area (Å²) in [5.41, 5.74) is 0.686. The van der Waals surface area contributed by atoms with E-state index < -0.39 is 11.6 Å². The molecule has 3 atom stereocenters. The third kappa shape index (κ3) is 3.52. The molecule has 0 saturated heterocycles. The van der Waals surface area contributed by atoms with Gasteiger partial charge in [0.25, 0.3) is 0 Å². The van der Waals surface area contributed by atoms with E-state index in [0.717, 1.165) is 24.8 Å². The summed E-state index contributed by atoms with van der Waals surface area (Å²) < 4.78 is 26.3. The van der Waals surface area contributed by atoms with Gasteiger partial charge in [0.1, 0.15) is 11.6 Å². The lowest BCUT2D eigenvalue weighted by Crippen LogP contribution is -2.35. The van der Waals surface area contributed by atoms with E-state index in [1.165, 1.54) is 25.0 Å². The molecule has 1 aliphatic carbocycles. The van der Waals surface area contributed by atoms with Gasteiger partial charge in [-0.25, -0.2) is 8.78 Å². The van der Waals surface area contributed by atoms with Crippen LogP contribution in [-0.4, -0.2) is 6.04 Å². The Morgan fingerprint density at radius 3 is 2.44 bits per heavy atom. The van der Waals surface area contributed by atoms with Crippen molar-refractivity contribution in [3.63, 3.8) is 0 Å². The smallest absolute Gasteiger partial charge is 0.126 e. The van der Waals surface area contributed by atoms with E-state index in [2.05, 4.69) is 12.2 Å². The van der Waals surface area contributed by atoms with E-state index in [1.54, 1.807) is 0 Å². The molecule has 1 saturated carbocycles. The summed E-state index contributed by atoms with van der Waals surface area (Å²) in [5.74, 6) is -0.265. The molecule has 0 aliphatic heterocycles. The van der Waals surface area contributed by atoms with Crippen molar-refractivity contribution >= 4 is 0 Å². The highest BCUT2D eigenvalue weighted by Gasteiger charge is 2.20. The first-order valence-electron chi connectivity index (χ1n) is 6.76. The Balaban J connectivity index is 2.00. The van der Waals surface area contributed by atoms with E-state index >= 15 is 0 Å². The van der Waals surface area contributed by atoms with Gasteiger partial charge in [0.05, 0.1) is 0 Å². The zero-order chi connectivity index (χ0) is 13.1. The lowest BCUT2D eigenvalue weighted by Gasteiger charge is -2.30. The van der Waals surface area contributed by atoms with Gasteiger partial charge in [0.15, 0.2) is 0 Å². The fourth-order valence-electron chi connectivity index (χ4n) is 2.86. The van der Waals surface area contributed by atoms with Gasteiger partial charge in [-0.15, -0.1) is 0 Å². The zero-order valence-electron chi connectivity index (χ0n) is 11.0. The Bertz CT molecular complexity index is 385. The highest BCUT2D eigenvalue weighted by Crippen LogP contribution is 2.26. The molecule has 0 spiro atoms. The van der Waals surface area contributed by atoms with Crippen LogP contribution in [0.4, 0.5) is 8.78 Å². The van der Waals surface area contributed by atoms with Crippen LogP contribution in [0.1, 0.15) is 51.1 Å². The van der Waals surface area contributed by atoms with Crippen LogP contribution in [0.15, 0.2) is 18.2 Å². The normalized spacial score (nSPS) is 26.0. The summed E-state index contributed by atoms with van der Waals surface area (Å²) in [6.07, 6.45) is 4.85. The summed E-state index contributed by atoms with van der Waals surface area (Å²) in [6.45, 7) is 4.23. The van der Waals surface area contributed by atoms with E-state index in [1.807, 2.05) is 6.92 Å². The summed E-state index contributed by atoms with van der Waals surface area (Å²) in [7, 11) is 0. The van der Waals surface area contributed by atoms with Crippen LogP contribution in [0.5, 0.6) is 0 Å². The van der Waals surface area contributed by atoms with Gasteiger partial charge in [-0.2, -0.15) is 0 Å². The average Bonchev–Trinajstić information content (AvgIpc) is 2.27. The molecule has 18 heavy (non-hydrogen) atoms. The van der Waals surface area contributed by atoms with Gasteiger partial charge in [0.2, 0.25) is 0 Å². The SMILES string of the molecule is CC1CCCC(NC(C)c2cc(F)cc(F)c2)C1. The number of hydrogen-bond donors (Lipinski definition) is 1. The predicted octanol–water partition coefficient (Wildman–Crippen LogP) is 4.19. The first-order valence-corrected chi connectivity index (χ1v) is 6.76. The summed E-state index contributed by atoms with van der Waals surface area (Å²) in [4.78, 5) is 0. The lowest BCUT2D eigenvalue weighted by molar-refractivity contribution is 0.285. The third-order valence-corrected chi connectivity index (χ3v) is 3.81. The van der Waals surface area contributed by atoms with Crippen LogP contribution in [0.3, 0.4) is 0 Å². The van der Waals surface area contributed by atoms with Crippen molar-refractivity contribution in [2.45, 2.75) is 51.6 Å². The van der Waals surface area contributed by atoms with Crippen LogP contribution in [0, 0.1) is 17.6 Å². The molecule has 3 heteroatoms. The third-order valence-electron chi connectivity index (χ3n) is 3.81. The lowest BCUT2D eigenvalue weighted by atomic mass is 9.86. The van der Waals surface area contributed by atoms with E-state index in [0.29, 0.717) is 11.6 Å². The van der Waals surface area contributed by atoms with Crippen molar-refractivity contribution in [1.29, 1.82) is 0 Å². The van der Waals surface area contributed by atoms with Crippen molar-refractivity contribution in [2.75, 3.05) is 0 Å². The fraction of sp³-hybridized carbons (Fsp3) is 0.600. The second-order valence-electron chi connectivity index (χ2n) is 5.56. The van der Waals surface area contributed by atoms with Crippen molar-refractivity contribution in [1.82, 2.24) is 5.32 Å². The molecule has 100 valence electrons. The molecule has 1 fully saturated rings. The van der Waals surface area contributed by atoms with Gasteiger partial charge in [-0.3, -0.25) is 0 Å². The van der Waals surface area contributed by atoms with Crippen LogP contribution < -0.4 is 5.32 Å². The van der Waals surface area contributed by atoms with Crippen molar-refractivity contribution < 1.29 is 8.78 Å². The number of hydrogen-bond acceptors (Lipinski definition) is 1. The Labute approximate surface area is 108 Å². The molecule has 0 aromatic heterocycles. The van der Waals surface area contributed by atoms with Crippen LogP contribution in [0.25, 0.3) is 0 Å². The number of halogens is 2. The molecule has 1 aromatic rings. The molecular formula is C15H21F2N. The number of rotatable bonds is 3. The minimum Gasteiger partial charge on any atom is -0.307 e. The molecule has 1 N–H and O–H groups in total. The molecule has 0 heterocycles. The van der Waals surface area contributed by atoms with E-state index in [-0.39, 0.29) is 6.04 Å². The standard InChI is InChI=1S/C15H21F2N/c1-10-4-3-5-15(6-10)18-11(2)12-7-13(16)9-14(17)8-12/h7-11,15,18H,3-6H2,1-2H3. The Morgan fingerprint density at radius 1 is 1.17 bits per heavy atom. The second kappa shape index (κ2) is 5.79. The predicted molar refractivity (Wildman–Crippen MR) is 69.3 cm³/mol. The minimum atomic E-state index is -0.504. The van der Waals surface area contributed by atoms with Gasteiger partial charge in [-0.05, 0) is 43.4 Å². The first kappa shape index (κ1) is 13.5. The first-order chi connectivity index (χ1) is 8.54. The maximum Gasteiger partial charge on any atom is 0.126 e. The van der Waals surface area contributed by atoms with Gasteiger partial charge < -0.3 is 5.32 Å². The van der Waals surface area contributed by atoms with Crippen LogP contribution in [-0.2, 0) is 0 Å². The largest absolute Gasteiger partial charge is 0.307 e. The average molecular weight is 253 g/mol. The van der Waals surface area contributed by atoms with Gasteiger partial charge in [-0.1, -0.05) is 19.8 Å². The molecule has 1 nitrogen and oxygen atoms in total. The van der Waals surface area contributed by atoms with E-state index in [4.69, 9.17) is 0 Å². The molecule has 1 aromatic carbocycles. The molecule has 0 bridgehead atoms. The van der Waals surface area contributed by atoms with Crippen molar-refractivity contribution in [3.05, 3.63) is 35.4 Å². The maximum atomic E-state index is 13.2. The summed E-state index contributed by atoms with van der Waals surface area (Å²) in [5, 5.41) is 3.49. The molecule has 1 aliphatic rings. The zero-order valence-corrected chi connectivity index (χ0v) is 11.0. The monoisotopic (exact) mass is 253 g/mol. The molecule has 0 radical (unpaired) electrons. The fourth-order valence-corrected chi connectivity index (χ4v) is 2.86. The van der Waals surface area contributed by atoms with Crippen LogP contribution in [0.2, 0.25) is 0 Å². The minimum absolute atomic E-state index is 0.00880. The van der Waals surface area contributed by atoms with Crippen molar-refractivity contribution in [3.8, 4) is 0 Å². The van der Waals surface area contributed by atoms with E-state index in [9.17, 15) is 8.78 Å². The Kier molecular flexibility index (Phi) is 4.33. The van der Waals surface area contributed by atoms with Crippen molar-refractivity contribution in [2.24, 2.45) is 5.92 Å². The number of benzene rings is 1. The maximum absolute atomic E-state index is 13.2. The Hall–Kier alpha value is -0.960. The highest BCUT2D eigenvalue weighted by molar-refractivity contribution is 5.21. The number of nitrogens with one attached hydrogen (secondary N) is 1. The second-order valence-corrected chi connectivity index (χ2v) is 5.56. The molecule has 3 unspecified atom stereocenters. The summed E-state index contributed by atoms with van der Waals surface area (Å²) in [6, 6.07) is 4.19. The topological polar surface area (TPSA) is 12.0 Å². The molecule has 0 amide bonds. The van der Waals surface area contributed by atoms with Gasteiger partial charge in [0, 0.05) is 18.2 Å². The molecule has 2 rings (SSSR count). The molecular weight excluding hydrogens is 232 g/mol. The summed E-state index contributed by atoms with van der Waals surface area (Å²) >= 11 is 0. The quantitative estimate of drug-likeness (QED) is 0.851. The van der Waals surface area contributed by atoms with Gasteiger partial charge >= 0.3 is 0 Å². The Morgan fingerprint density at radius 2 is 1.83 bits per heavy atom. The van der Waals surface area contributed by atoms with Crippen LogP contribution >= 0.6 is 0 Å². The highest BCUT2D eigenvalue weighted by atomic mass is 19.1.